The summed E-state index contributed by atoms with van der Waals surface area (Å²) in [5.74, 6) is -0.173. The Balaban J connectivity index is 2.46. The van der Waals surface area contributed by atoms with Gasteiger partial charge in [-0.1, -0.05) is 36.4 Å². The van der Waals surface area contributed by atoms with Crippen molar-refractivity contribution in [2.75, 3.05) is 0 Å². The molecule has 20 heavy (non-hydrogen) atoms. The molecule has 3 aromatic carbocycles. The highest BCUT2D eigenvalue weighted by Gasteiger charge is 2.16. The van der Waals surface area contributed by atoms with E-state index in [4.69, 9.17) is 0 Å². The minimum atomic E-state index is -0.169. The van der Waals surface area contributed by atoms with E-state index in [2.05, 4.69) is 0 Å². The number of rotatable bonds is 1. The van der Waals surface area contributed by atoms with Crippen molar-refractivity contribution in [2.45, 2.75) is 6.92 Å². The fourth-order valence-corrected chi connectivity index (χ4v) is 2.49. The van der Waals surface area contributed by atoms with Crippen molar-refractivity contribution >= 4 is 10.8 Å². The Kier molecular flexibility index (Phi) is 2.75. The highest BCUT2D eigenvalue weighted by molar-refractivity contribution is 6.02. The van der Waals surface area contributed by atoms with Crippen LogP contribution in [0.2, 0.25) is 0 Å². The lowest BCUT2D eigenvalue weighted by molar-refractivity contribution is 0.406. The number of benzene rings is 3. The van der Waals surface area contributed by atoms with E-state index in [-0.39, 0.29) is 17.2 Å². The van der Waals surface area contributed by atoms with Crippen molar-refractivity contribution in [3.8, 4) is 28.4 Å². The van der Waals surface area contributed by atoms with E-state index >= 15 is 0 Å². The van der Waals surface area contributed by atoms with Crippen LogP contribution in [-0.2, 0) is 0 Å². The molecule has 3 N–H and O–H groups in total. The molecule has 0 unspecified atom stereocenters. The van der Waals surface area contributed by atoms with Crippen molar-refractivity contribution in [3.05, 3.63) is 54.1 Å². The van der Waals surface area contributed by atoms with Crippen LogP contribution in [-0.4, -0.2) is 15.3 Å². The lowest BCUT2D eigenvalue weighted by Gasteiger charge is -2.14. The monoisotopic (exact) mass is 266 g/mol. The Bertz CT molecular complexity index is 807. The number of phenols is 3. The van der Waals surface area contributed by atoms with E-state index in [1.165, 1.54) is 6.07 Å². The van der Waals surface area contributed by atoms with E-state index in [0.717, 1.165) is 10.8 Å². The average Bonchev–Trinajstić information content (AvgIpc) is 2.44. The minimum absolute atomic E-state index is 0.161. The third-order valence-electron chi connectivity index (χ3n) is 3.58. The van der Waals surface area contributed by atoms with Gasteiger partial charge in [0.25, 0.3) is 0 Å². The largest absolute Gasteiger partial charge is 0.508 e. The van der Waals surface area contributed by atoms with E-state index in [0.29, 0.717) is 16.7 Å². The van der Waals surface area contributed by atoms with Gasteiger partial charge in [-0.3, -0.25) is 0 Å². The van der Waals surface area contributed by atoms with Gasteiger partial charge < -0.3 is 15.3 Å². The average molecular weight is 266 g/mol. The van der Waals surface area contributed by atoms with Gasteiger partial charge in [-0.25, -0.2) is 0 Å². The predicted molar refractivity (Wildman–Crippen MR) is 79.1 cm³/mol. The summed E-state index contributed by atoms with van der Waals surface area (Å²) in [7, 11) is 0. The molecule has 3 rings (SSSR count). The first kappa shape index (κ1) is 12.4. The molecular formula is C17H14O3. The fraction of sp³-hybridized carbons (Fsp3) is 0.0588. The molecule has 0 bridgehead atoms. The summed E-state index contributed by atoms with van der Waals surface area (Å²) in [6.07, 6.45) is 0. The highest BCUT2D eigenvalue weighted by Crippen LogP contribution is 2.44. The molecule has 0 saturated heterocycles. The van der Waals surface area contributed by atoms with Crippen LogP contribution >= 0.6 is 0 Å². The topological polar surface area (TPSA) is 60.7 Å². The summed E-state index contributed by atoms with van der Waals surface area (Å²) in [6, 6.07) is 14.2. The molecule has 3 nitrogen and oxygen atoms in total. The molecule has 0 atom stereocenters. The van der Waals surface area contributed by atoms with Gasteiger partial charge in [0.2, 0.25) is 0 Å². The van der Waals surface area contributed by atoms with E-state index in [1.54, 1.807) is 19.1 Å². The lowest BCUT2D eigenvalue weighted by atomic mass is 9.93. The van der Waals surface area contributed by atoms with Gasteiger partial charge in [0.05, 0.1) is 0 Å². The first-order valence-electron chi connectivity index (χ1n) is 6.32. The van der Waals surface area contributed by atoms with Crippen LogP contribution in [0.4, 0.5) is 0 Å². The molecule has 3 heteroatoms. The molecule has 0 amide bonds. The van der Waals surface area contributed by atoms with Crippen LogP contribution in [0, 0.1) is 6.92 Å². The van der Waals surface area contributed by atoms with Crippen molar-refractivity contribution < 1.29 is 15.3 Å². The second-order valence-corrected chi connectivity index (χ2v) is 4.79. The van der Waals surface area contributed by atoms with Gasteiger partial charge in [0.1, 0.15) is 5.75 Å². The zero-order valence-electron chi connectivity index (χ0n) is 11.0. The van der Waals surface area contributed by atoms with Crippen molar-refractivity contribution in [1.82, 2.24) is 0 Å². The summed E-state index contributed by atoms with van der Waals surface area (Å²) < 4.78 is 0. The van der Waals surface area contributed by atoms with Gasteiger partial charge in [0, 0.05) is 5.56 Å². The van der Waals surface area contributed by atoms with Crippen LogP contribution in [0.5, 0.6) is 17.2 Å². The van der Waals surface area contributed by atoms with E-state index < -0.39 is 0 Å². The Hall–Kier alpha value is -2.68. The second kappa shape index (κ2) is 4.46. The van der Waals surface area contributed by atoms with Crippen LogP contribution < -0.4 is 0 Å². The third-order valence-corrected chi connectivity index (χ3v) is 3.58. The van der Waals surface area contributed by atoms with Crippen molar-refractivity contribution in [1.29, 1.82) is 0 Å². The molecule has 0 spiro atoms. The van der Waals surface area contributed by atoms with E-state index in [9.17, 15) is 15.3 Å². The molecule has 0 aliphatic carbocycles. The molecule has 3 aromatic rings. The molecule has 0 radical (unpaired) electrons. The first-order chi connectivity index (χ1) is 9.59. The zero-order valence-corrected chi connectivity index (χ0v) is 11.0. The number of hydrogen-bond donors (Lipinski definition) is 3. The zero-order chi connectivity index (χ0) is 14.3. The normalized spacial score (nSPS) is 10.8. The van der Waals surface area contributed by atoms with Crippen molar-refractivity contribution in [2.24, 2.45) is 0 Å². The summed E-state index contributed by atoms with van der Waals surface area (Å²) in [5.41, 5.74) is 1.90. The van der Waals surface area contributed by atoms with Gasteiger partial charge in [-0.2, -0.15) is 0 Å². The predicted octanol–water partition coefficient (Wildman–Crippen LogP) is 3.93. The maximum atomic E-state index is 10.2. The Morgan fingerprint density at radius 1 is 0.800 bits per heavy atom. The van der Waals surface area contributed by atoms with Crippen molar-refractivity contribution in [3.63, 3.8) is 0 Å². The standard InChI is InChI=1S/C17H14O3/c1-10-12(7-4-8-14(10)18)16-13-6-3-2-5-11(13)9-15(19)17(16)20/h2-9,18-20H,1H3. The summed E-state index contributed by atoms with van der Waals surface area (Å²) in [4.78, 5) is 0. The Morgan fingerprint density at radius 2 is 1.55 bits per heavy atom. The number of hydrogen-bond acceptors (Lipinski definition) is 3. The molecule has 0 heterocycles. The highest BCUT2D eigenvalue weighted by atomic mass is 16.3. The smallest absolute Gasteiger partial charge is 0.166 e. The number of fused-ring (bicyclic) bond motifs is 1. The quantitative estimate of drug-likeness (QED) is 0.585. The van der Waals surface area contributed by atoms with Gasteiger partial charge in [-0.15, -0.1) is 0 Å². The lowest BCUT2D eigenvalue weighted by Crippen LogP contribution is -1.88. The fourth-order valence-electron chi connectivity index (χ4n) is 2.49. The number of aromatic hydroxyl groups is 3. The molecule has 0 aliphatic rings. The van der Waals surface area contributed by atoms with Gasteiger partial charge in [-0.05, 0) is 41.0 Å². The molecule has 0 saturated carbocycles. The van der Waals surface area contributed by atoms with Crippen LogP contribution in [0.1, 0.15) is 5.56 Å². The first-order valence-corrected chi connectivity index (χ1v) is 6.32. The summed E-state index contributed by atoms with van der Waals surface area (Å²) >= 11 is 0. The number of phenolic OH excluding ortho intramolecular Hbond substituents is 3. The summed E-state index contributed by atoms with van der Waals surface area (Å²) in [5, 5.41) is 31.7. The van der Waals surface area contributed by atoms with Crippen LogP contribution in [0.3, 0.4) is 0 Å². The van der Waals surface area contributed by atoms with Crippen LogP contribution in [0.15, 0.2) is 48.5 Å². The molecule has 0 fully saturated rings. The maximum Gasteiger partial charge on any atom is 0.166 e. The molecule has 0 aliphatic heterocycles. The molecule has 100 valence electrons. The SMILES string of the molecule is Cc1c(O)cccc1-c1c(O)c(O)cc2ccccc12. The minimum Gasteiger partial charge on any atom is -0.508 e. The van der Waals surface area contributed by atoms with E-state index in [1.807, 2.05) is 30.3 Å². The third kappa shape index (κ3) is 1.75. The van der Waals surface area contributed by atoms with Gasteiger partial charge >= 0.3 is 0 Å². The summed E-state index contributed by atoms with van der Waals surface area (Å²) in [6.45, 7) is 1.78. The van der Waals surface area contributed by atoms with Crippen LogP contribution in [0.25, 0.3) is 21.9 Å². The Labute approximate surface area is 116 Å². The van der Waals surface area contributed by atoms with Gasteiger partial charge in [0.15, 0.2) is 11.5 Å². The molecule has 0 aromatic heterocycles. The Morgan fingerprint density at radius 3 is 2.35 bits per heavy atom. The maximum absolute atomic E-state index is 10.2. The second-order valence-electron chi connectivity index (χ2n) is 4.79. The molecular weight excluding hydrogens is 252 g/mol.